The van der Waals surface area contributed by atoms with Crippen molar-refractivity contribution in [2.75, 3.05) is 0 Å². The van der Waals surface area contributed by atoms with Gasteiger partial charge in [0, 0.05) is 17.1 Å². The molecule has 1 aromatic rings. The van der Waals surface area contributed by atoms with E-state index >= 15 is 0 Å². The Kier molecular flexibility index (Phi) is 5.11. The molecule has 0 saturated heterocycles. The first kappa shape index (κ1) is 18.7. The summed E-state index contributed by atoms with van der Waals surface area (Å²) in [5.74, 6) is -1.63. The number of carbonyl (C=O) groups is 2. The summed E-state index contributed by atoms with van der Waals surface area (Å²) in [7, 11) is 0. The number of rotatable bonds is 4. The lowest BCUT2D eigenvalue weighted by molar-refractivity contribution is -0.127. The zero-order chi connectivity index (χ0) is 19.1. The standard InChI is InChI=1S/C22H24ClFO3/c1-12(20-21(25)14-8-4-5-9-15(14)22(20)26)16-10-19(17(23)11-18(16)24)27-13-6-2-3-7-13/h10-13,20H,2-9H2,1H3/t12-/m1/s1. The molecule has 1 fully saturated rings. The minimum atomic E-state index is -0.817. The van der Waals surface area contributed by atoms with Gasteiger partial charge < -0.3 is 4.74 Å². The highest BCUT2D eigenvalue weighted by molar-refractivity contribution is 6.32. The normalized spacial score (nSPS) is 22.5. The van der Waals surface area contributed by atoms with Crippen molar-refractivity contribution in [2.45, 2.75) is 70.3 Å². The van der Waals surface area contributed by atoms with Crippen LogP contribution in [0, 0.1) is 11.7 Å². The van der Waals surface area contributed by atoms with Crippen LogP contribution in [0.15, 0.2) is 23.3 Å². The van der Waals surface area contributed by atoms with Crippen LogP contribution < -0.4 is 4.74 Å². The fraction of sp³-hybridized carbons (Fsp3) is 0.545. The summed E-state index contributed by atoms with van der Waals surface area (Å²) in [5, 5.41) is 0.233. The van der Waals surface area contributed by atoms with E-state index < -0.39 is 17.7 Å². The summed E-state index contributed by atoms with van der Waals surface area (Å²) >= 11 is 6.19. The van der Waals surface area contributed by atoms with E-state index in [0.717, 1.165) is 38.5 Å². The Hall–Kier alpha value is -1.68. The van der Waals surface area contributed by atoms with Crippen molar-refractivity contribution in [3.8, 4) is 5.75 Å². The molecule has 3 aliphatic rings. The van der Waals surface area contributed by atoms with Gasteiger partial charge in [0.2, 0.25) is 0 Å². The molecule has 0 radical (unpaired) electrons. The maximum Gasteiger partial charge on any atom is 0.170 e. The highest BCUT2D eigenvalue weighted by Gasteiger charge is 2.44. The highest BCUT2D eigenvalue weighted by Crippen LogP contribution is 2.43. The zero-order valence-electron chi connectivity index (χ0n) is 15.5. The van der Waals surface area contributed by atoms with Gasteiger partial charge in [-0.05, 0) is 69.1 Å². The Labute approximate surface area is 163 Å². The minimum absolute atomic E-state index is 0.0971. The second-order valence-corrected chi connectivity index (χ2v) is 8.39. The van der Waals surface area contributed by atoms with Crippen molar-refractivity contribution in [1.29, 1.82) is 0 Å². The molecule has 0 amide bonds. The molecular weight excluding hydrogens is 367 g/mol. The number of ketones is 2. The largest absolute Gasteiger partial charge is 0.489 e. The highest BCUT2D eigenvalue weighted by atomic mass is 35.5. The topological polar surface area (TPSA) is 43.4 Å². The lowest BCUT2D eigenvalue weighted by atomic mass is 9.83. The fourth-order valence-electron chi connectivity index (χ4n) is 4.75. The Bertz CT molecular complexity index is 795. The lowest BCUT2D eigenvalue weighted by Gasteiger charge is -2.21. The molecule has 1 aromatic carbocycles. The van der Waals surface area contributed by atoms with Gasteiger partial charge in [-0.3, -0.25) is 9.59 Å². The molecule has 0 aromatic heterocycles. The smallest absolute Gasteiger partial charge is 0.170 e. The Morgan fingerprint density at radius 1 is 1.04 bits per heavy atom. The number of benzene rings is 1. The quantitative estimate of drug-likeness (QED) is 0.633. The molecule has 5 heteroatoms. The van der Waals surface area contributed by atoms with Gasteiger partial charge in [0.1, 0.15) is 11.6 Å². The molecule has 0 N–H and O–H groups in total. The molecule has 1 atom stereocenters. The number of allylic oxidation sites excluding steroid dienone is 2. The van der Waals surface area contributed by atoms with Crippen LogP contribution >= 0.6 is 11.6 Å². The summed E-state index contributed by atoms with van der Waals surface area (Å²) in [4.78, 5) is 25.7. The van der Waals surface area contributed by atoms with E-state index in [1.165, 1.54) is 6.07 Å². The lowest BCUT2D eigenvalue weighted by Crippen LogP contribution is -2.25. The second-order valence-electron chi connectivity index (χ2n) is 7.99. The maximum absolute atomic E-state index is 14.7. The summed E-state index contributed by atoms with van der Waals surface area (Å²) in [6.45, 7) is 1.75. The first-order valence-corrected chi connectivity index (χ1v) is 10.3. The second kappa shape index (κ2) is 7.38. The van der Waals surface area contributed by atoms with Gasteiger partial charge >= 0.3 is 0 Å². The van der Waals surface area contributed by atoms with Gasteiger partial charge in [-0.1, -0.05) is 18.5 Å². The summed E-state index contributed by atoms with van der Waals surface area (Å²) in [6, 6.07) is 2.84. The third-order valence-electron chi connectivity index (χ3n) is 6.27. The van der Waals surface area contributed by atoms with Gasteiger partial charge in [0.15, 0.2) is 11.6 Å². The van der Waals surface area contributed by atoms with Gasteiger partial charge in [-0.25, -0.2) is 4.39 Å². The van der Waals surface area contributed by atoms with Crippen LogP contribution in [0.1, 0.15) is 69.8 Å². The third-order valence-corrected chi connectivity index (χ3v) is 6.56. The minimum Gasteiger partial charge on any atom is -0.489 e. The van der Waals surface area contributed by atoms with Gasteiger partial charge in [0.25, 0.3) is 0 Å². The van der Waals surface area contributed by atoms with E-state index in [4.69, 9.17) is 16.3 Å². The maximum atomic E-state index is 14.7. The van der Waals surface area contributed by atoms with Crippen molar-refractivity contribution in [3.05, 3.63) is 39.7 Å². The number of hydrogen-bond acceptors (Lipinski definition) is 3. The van der Waals surface area contributed by atoms with Crippen molar-refractivity contribution in [2.24, 2.45) is 5.92 Å². The molecule has 144 valence electrons. The van der Waals surface area contributed by atoms with Crippen LogP contribution in [-0.4, -0.2) is 17.7 Å². The van der Waals surface area contributed by atoms with E-state index in [-0.39, 0.29) is 22.7 Å². The van der Waals surface area contributed by atoms with E-state index in [2.05, 4.69) is 0 Å². The van der Waals surface area contributed by atoms with E-state index in [1.807, 2.05) is 0 Å². The van der Waals surface area contributed by atoms with Crippen LogP contribution in [-0.2, 0) is 9.59 Å². The van der Waals surface area contributed by atoms with Crippen LogP contribution in [0.3, 0.4) is 0 Å². The van der Waals surface area contributed by atoms with Crippen LogP contribution in [0.25, 0.3) is 0 Å². The summed E-state index contributed by atoms with van der Waals surface area (Å²) in [5.41, 5.74) is 1.69. The van der Waals surface area contributed by atoms with Gasteiger partial charge in [-0.2, -0.15) is 0 Å². The Morgan fingerprint density at radius 3 is 2.22 bits per heavy atom. The molecule has 0 spiro atoms. The molecule has 0 bridgehead atoms. The first-order chi connectivity index (χ1) is 13.0. The van der Waals surface area contributed by atoms with E-state index in [1.54, 1.807) is 13.0 Å². The predicted molar refractivity (Wildman–Crippen MR) is 102 cm³/mol. The monoisotopic (exact) mass is 390 g/mol. The first-order valence-electron chi connectivity index (χ1n) is 9.93. The van der Waals surface area contributed by atoms with E-state index in [9.17, 15) is 14.0 Å². The number of hydrogen-bond donors (Lipinski definition) is 0. The van der Waals surface area contributed by atoms with Crippen LogP contribution in [0.5, 0.6) is 5.75 Å². The summed E-state index contributed by atoms with van der Waals surface area (Å²) < 4.78 is 20.7. The Balaban J connectivity index is 1.62. The van der Waals surface area contributed by atoms with Crippen molar-refractivity contribution in [1.82, 2.24) is 0 Å². The van der Waals surface area contributed by atoms with Crippen molar-refractivity contribution >= 4 is 23.2 Å². The third kappa shape index (κ3) is 3.33. The molecule has 1 saturated carbocycles. The van der Waals surface area contributed by atoms with Crippen LogP contribution in [0.4, 0.5) is 4.39 Å². The molecule has 3 nitrogen and oxygen atoms in total. The predicted octanol–water partition coefficient (Wildman–Crippen LogP) is 5.54. The molecule has 0 aliphatic heterocycles. The zero-order valence-corrected chi connectivity index (χ0v) is 16.3. The number of halogens is 2. The van der Waals surface area contributed by atoms with Crippen molar-refractivity contribution in [3.63, 3.8) is 0 Å². The Morgan fingerprint density at radius 2 is 1.63 bits per heavy atom. The SMILES string of the molecule is C[C@H](c1cc(OC2CCCC2)c(Cl)cc1F)C1C(=O)C2=C(CCCC2)C1=O. The van der Waals surface area contributed by atoms with Crippen molar-refractivity contribution < 1.29 is 18.7 Å². The molecule has 0 heterocycles. The molecule has 3 aliphatic carbocycles. The summed E-state index contributed by atoms with van der Waals surface area (Å²) in [6.07, 6.45) is 7.49. The van der Waals surface area contributed by atoms with Crippen LogP contribution in [0.2, 0.25) is 5.02 Å². The van der Waals surface area contributed by atoms with Gasteiger partial charge in [0.05, 0.1) is 17.0 Å². The number of carbonyl (C=O) groups excluding carboxylic acids is 2. The number of ether oxygens (including phenoxy) is 1. The fourth-order valence-corrected chi connectivity index (χ4v) is 4.94. The van der Waals surface area contributed by atoms with Gasteiger partial charge in [-0.15, -0.1) is 0 Å². The average molecular weight is 391 g/mol. The van der Waals surface area contributed by atoms with E-state index in [0.29, 0.717) is 35.3 Å². The molecule has 27 heavy (non-hydrogen) atoms. The molecule has 0 unspecified atom stereocenters. The number of Topliss-reactive ketones (excluding diaryl/α,β-unsaturated/α-hetero) is 2. The molecular formula is C22H24ClFO3. The average Bonchev–Trinajstić information content (AvgIpc) is 3.24. The molecule has 4 rings (SSSR count).